The summed E-state index contributed by atoms with van der Waals surface area (Å²) >= 11 is 0. The zero-order chi connectivity index (χ0) is 14.3. The molecule has 0 heterocycles. The molecule has 6 nitrogen and oxygen atoms in total. The summed E-state index contributed by atoms with van der Waals surface area (Å²) in [7, 11) is 1.21. The van der Waals surface area contributed by atoms with Crippen molar-refractivity contribution in [2.75, 3.05) is 7.11 Å². The number of rotatable bonds is 5. The highest BCUT2D eigenvalue weighted by Crippen LogP contribution is 2.08. The lowest BCUT2D eigenvalue weighted by molar-refractivity contribution is -0.143. The summed E-state index contributed by atoms with van der Waals surface area (Å²) < 4.78 is 9.43. The van der Waals surface area contributed by atoms with Gasteiger partial charge in [-0.2, -0.15) is 0 Å². The number of carbonyl (C=O) groups is 3. The molecule has 0 aliphatic heterocycles. The molecule has 1 unspecified atom stereocenters. The number of esters is 1. The van der Waals surface area contributed by atoms with Crippen molar-refractivity contribution in [2.24, 2.45) is 0 Å². The van der Waals surface area contributed by atoms with Crippen LogP contribution in [0.15, 0.2) is 0 Å². The second kappa shape index (κ2) is 6.98. The Bertz CT molecular complexity index is 319. The number of ether oxygens (including phenoxy) is 2. The van der Waals surface area contributed by atoms with E-state index < -0.39 is 29.5 Å². The molecule has 0 rings (SSSR count). The normalized spacial score (nSPS) is 12.5. The molecule has 1 N–H and O–H groups in total. The Morgan fingerprint density at radius 3 is 2.17 bits per heavy atom. The van der Waals surface area contributed by atoms with Gasteiger partial charge in [0, 0.05) is 0 Å². The molecule has 0 aromatic carbocycles. The first-order valence-corrected chi connectivity index (χ1v) is 5.78. The molecule has 6 heteroatoms. The summed E-state index contributed by atoms with van der Waals surface area (Å²) in [6.07, 6.45) is -0.646. The molecule has 0 fully saturated rings. The zero-order valence-electron chi connectivity index (χ0n) is 11.5. The fourth-order valence-electron chi connectivity index (χ4n) is 1.20. The van der Waals surface area contributed by atoms with Crippen LogP contribution in [-0.4, -0.2) is 36.6 Å². The van der Waals surface area contributed by atoms with Gasteiger partial charge in [-0.3, -0.25) is 9.59 Å². The van der Waals surface area contributed by atoms with Crippen LogP contribution in [-0.2, 0) is 19.1 Å². The second-order valence-electron chi connectivity index (χ2n) is 4.83. The van der Waals surface area contributed by atoms with Crippen LogP contribution in [0, 0.1) is 0 Å². The predicted octanol–water partition coefficient (Wildman–Crippen LogP) is 1.42. The number of methoxy groups -OCH3 is 1. The average Bonchev–Trinajstić information content (AvgIpc) is 2.22. The van der Waals surface area contributed by atoms with Crippen LogP contribution in [0.3, 0.4) is 0 Å². The summed E-state index contributed by atoms with van der Waals surface area (Å²) in [5.74, 6) is -1.01. The van der Waals surface area contributed by atoms with E-state index in [2.05, 4.69) is 10.1 Å². The van der Waals surface area contributed by atoms with Crippen molar-refractivity contribution in [2.45, 2.75) is 52.2 Å². The van der Waals surface area contributed by atoms with Crippen LogP contribution in [0.4, 0.5) is 4.79 Å². The van der Waals surface area contributed by atoms with Crippen molar-refractivity contribution >= 4 is 17.8 Å². The summed E-state index contributed by atoms with van der Waals surface area (Å²) in [5, 5.41) is 2.43. The highest BCUT2D eigenvalue weighted by atomic mass is 16.6. The summed E-state index contributed by atoms with van der Waals surface area (Å²) in [5.41, 5.74) is -0.631. The minimum absolute atomic E-state index is 0.356. The SMILES string of the molecule is CCC(NC(=O)OC(C)(C)C)C(=O)CC(=O)OC. The largest absolute Gasteiger partial charge is 0.469 e. The van der Waals surface area contributed by atoms with Crippen LogP contribution >= 0.6 is 0 Å². The maximum Gasteiger partial charge on any atom is 0.408 e. The van der Waals surface area contributed by atoms with Gasteiger partial charge in [0.15, 0.2) is 5.78 Å². The molecular formula is C12H21NO5. The molecule has 0 aromatic heterocycles. The van der Waals surface area contributed by atoms with Crippen molar-refractivity contribution in [3.05, 3.63) is 0 Å². The fraction of sp³-hybridized carbons (Fsp3) is 0.750. The third-order valence-electron chi connectivity index (χ3n) is 2.03. The average molecular weight is 259 g/mol. The molecule has 0 bridgehead atoms. The Balaban J connectivity index is 4.38. The van der Waals surface area contributed by atoms with Gasteiger partial charge in [-0.1, -0.05) is 6.92 Å². The number of hydrogen-bond acceptors (Lipinski definition) is 5. The maximum atomic E-state index is 11.7. The monoisotopic (exact) mass is 259 g/mol. The van der Waals surface area contributed by atoms with E-state index in [1.807, 2.05) is 0 Å². The van der Waals surface area contributed by atoms with Crippen molar-refractivity contribution in [1.29, 1.82) is 0 Å². The lowest BCUT2D eigenvalue weighted by Crippen LogP contribution is -2.43. The third-order valence-corrected chi connectivity index (χ3v) is 2.03. The quantitative estimate of drug-likeness (QED) is 0.596. The lowest BCUT2D eigenvalue weighted by atomic mass is 10.1. The summed E-state index contributed by atoms with van der Waals surface area (Å²) in [6.45, 7) is 6.91. The van der Waals surface area contributed by atoms with E-state index in [1.54, 1.807) is 27.7 Å². The van der Waals surface area contributed by atoms with Gasteiger partial charge < -0.3 is 14.8 Å². The van der Waals surface area contributed by atoms with E-state index in [9.17, 15) is 14.4 Å². The molecule has 0 aliphatic rings. The van der Waals surface area contributed by atoms with E-state index in [-0.39, 0.29) is 6.42 Å². The van der Waals surface area contributed by atoms with Crippen LogP contribution in [0.1, 0.15) is 40.5 Å². The van der Waals surface area contributed by atoms with Gasteiger partial charge in [0.25, 0.3) is 0 Å². The van der Waals surface area contributed by atoms with Gasteiger partial charge in [-0.25, -0.2) is 4.79 Å². The van der Waals surface area contributed by atoms with Crippen LogP contribution in [0.5, 0.6) is 0 Å². The van der Waals surface area contributed by atoms with E-state index in [0.29, 0.717) is 6.42 Å². The van der Waals surface area contributed by atoms with Crippen molar-refractivity contribution in [3.8, 4) is 0 Å². The van der Waals surface area contributed by atoms with Gasteiger partial charge in [-0.15, -0.1) is 0 Å². The van der Waals surface area contributed by atoms with Gasteiger partial charge >= 0.3 is 12.1 Å². The third kappa shape index (κ3) is 6.88. The smallest absolute Gasteiger partial charge is 0.408 e. The number of ketones is 1. The van der Waals surface area contributed by atoms with Gasteiger partial charge in [0.1, 0.15) is 12.0 Å². The minimum Gasteiger partial charge on any atom is -0.469 e. The molecule has 0 aliphatic carbocycles. The number of nitrogens with one attached hydrogen (secondary N) is 1. The summed E-state index contributed by atoms with van der Waals surface area (Å²) in [6, 6.07) is -0.737. The molecule has 1 atom stereocenters. The number of amides is 1. The van der Waals surface area contributed by atoms with E-state index in [1.165, 1.54) is 7.11 Å². The molecule has 0 aromatic rings. The fourth-order valence-corrected chi connectivity index (χ4v) is 1.20. The predicted molar refractivity (Wildman–Crippen MR) is 65.1 cm³/mol. The van der Waals surface area contributed by atoms with Crippen molar-refractivity contribution in [1.82, 2.24) is 5.32 Å². The Morgan fingerprint density at radius 1 is 1.22 bits per heavy atom. The highest BCUT2D eigenvalue weighted by Gasteiger charge is 2.24. The Morgan fingerprint density at radius 2 is 1.78 bits per heavy atom. The van der Waals surface area contributed by atoms with Crippen molar-refractivity contribution < 1.29 is 23.9 Å². The van der Waals surface area contributed by atoms with Gasteiger partial charge in [0.2, 0.25) is 0 Å². The van der Waals surface area contributed by atoms with Crippen LogP contribution in [0.2, 0.25) is 0 Å². The molecule has 0 radical (unpaired) electrons. The van der Waals surface area contributed by atoms with Gasteiger partial charge in [0.05, 0.1) is 13.2 Å². The zero-order valence-corrected chi connectivity index (χ0v) is 11.5. The summed E-state index contributed by atoms with van der Waals surface area (Å²) in [4.78, 5) is 34.1. The van der Waals surface area contributed by atoms with E-state index in [0.717, 1.165) is 0 Å². The molecule has 1 amide bonds. The van der Waals surface area contributed by atoms with Crippen molar-refractivity contribution in [3.63, 3.8) is 0 Å². The Kier molecular flexibility index (Phi) is 6.36. The number of Topliss-reactive ketones (excluding diaryl/α,β-unsaturated/α-hetero) is 1. The molecule has 0 saturated carbocycles. The van der Waals surface area contributed by atoms with E-state index in [4.69, 9.17) is 4.74 Å². The highest BCUT2D eigenvalue weighted by molar-refractivity contribution is 5.99. The van der Waals surface area contributed by atoms with E-state index >= 15 is 0 Å². The number of carbonyl (C=O) groups excluding carboxylic acids is 3. The molecule has 18 heavy (non-hydrogen) atoms. The molecule has 0 saturated heterocycles. The van der Waals surface area contributed by atoms with Crippen LogP contribution < -0.4 is 5.32 Å². The molecular weight excluding hydrogens is 238 g/mol. The molecule has 104 valence electrons. The first kappa shape index (κ1) is 16.4. The topological polar surface area (TPSA) is 81.7 Å². The first-order chi connectivity index (χ1) is 8.19. The standard InChI is InChI=1S/C12H21NO5/c1-6-8(9(14)7-10(15)17-5)13-11(16)18-12(2,3)4/h8H,6-7H2,1-5H3,(H,13,16). The Labute approximate surface area is 107 Å². The van der Waals surface area contributed by atoms with Crippen LogP contribution in [0.25, 0.3) is 0 Å². The second-order valence-corrected chi connectivity index (χ2v) is 4.83. The lowest BCUT2D eigenvalue weighted by Gasteiger charge is -2.22. The molecule has 0 spiro atoms. The maximum absolute atomic E-state index is 11.7. The first-order valence-electron chi connectivity index (χ1n) is 5.78. The number of alkyl carbamates (subject to hydrolysis) is 1. The minimum atomic E-state index is -0.737. The Hall–Kier alpha value is -1.59. The van der Waals surface area contributed by atoms with Gasteiger partial charge in [-0.05, 0) is 27.2 Å². The number of hydrogen-bond donors (Lipinski definition) is 1.